The van der Waals surface area contributed by atoms with Crippen LogP contribution >= 0.6 is 0 Å². The molecule has 0 radical (unpaired) electrons. The topological polar surface area (TPSA) is 65.9 Å². The molecule has 0 fully saturated rings. The summed E-state index contributed by atoms with van der Waals surface area (Å²) in [7, 11) is 0. The molecule has 1 N–H and O–H groups in total. The number of aryl methyl sites for hydroxylation is 2. The third-order valence-corrected chi connectivity index (χ3v) is 4.11. The Hall–Kier alpha value is -2.64. The van der Waals surface area contributed by atoms with Crippen molar-refractivity contribution in [2.75, 3.05) is 10.0 Å². The van der Waals surface area contributed by atoms with Crippen LogP contribution in [0.25, 0.3) is 0 Å². The van der Waals surface area contributed by atoms with Gasteiger partial charge in [0.25, 0.3) is 0 Å². The van der Waals surface area contributed by atoms with Gasteiger partial charge in [-0.3, -0.25) is 10.2 Å². The van der Waals surface area contributed by atoms with Gasteiger partial charge in [-0.2, -0.15) is 0 Å². The Morgan fingerprint density at radius 1 is 1.17 bits per heavy atom. The van der Waals surface area contributed by atoms with Gasteiger partial charge in [-0.05, 0) is 43.5 Å². The molecular weight excluding hydrogens is 299 g/mol. The summed E-state index contributed by atoms with van der Waals surface area (Å²) in [6, 6.07) is 8.16. The number of halogens is 1. The first-order valence-electron chi connectivity index (χ1n) is 7.27. The van der Waals surface area contributed by atoms with Gasteiger partial charge in [-0.15, -0.1) is 0 Å². The highest BCUT2D eigenvalue weighted by Crippen LogP contribution is 2.41. The van der Waals surface area contributed by atoms with E-state index < -0.39 is 5.82 Å². The second kappa shape index (κ2) is 4.94. The fourth-order valence-corrected chi connectivity index (χ4v) is 2.99. The summed E-state index contributed by atoms with van der Waals surface area (Å²) in [5.74, 6) is -0.859. The maximum absolute atomic E-state index is 14.3. The first-order chi connectivity index (χ1) is 11.1. The number of anilines is 2. The van der Waals surface area contributed by atoms with Crippen LogP contribution in [0.3, 0.4) is 0 Å². The quantitative estimate of drug-likeness (QED) is 0.867. The summed E-state index contributed by atoms with van der Waals surface area (Å²) in [6.07, 6.45) is 2.48. The Bertz CT molecular complexity index is 806. The standard InChI is InChI=1S/C16H15FN4O2/c1-10-5-7-12(9-18-10)19-16(22)14-8-6-11-3-2-4-13(17)15(11)20(14)21(19)23/h2-5,7,9,22-23H,6,8H2,1H3/p-1. The van der Waals surface area contributed by atoms with Crippen molar-refractivity contribution in [3.05, 3.63) is 65.2 Å². The Morgan fingerprint density at radius 2 is 2.00 bits per heavy atom. The van der Waals surface area contributed by atoms with Crippen LogP contribution in [0.15, 0.2) is 48.1 Å². The molecule has 0 unspecified atom stereocenters. The van der Waals surface area contributed by atoms with E-state index in [0.29, 0.717) is 29.5 Å². The molecule has 3 heterocycles. The van der Waals surface area contributed by atoms with Crippen molar-refractivity contribution in [3.8, 4) is 0 Å². The number of pyridine rings is 1. The number of hydrogen-bond acceptors (Lipinski definition) is 6. The van der Waals surface area contributed by atoms with E-state index in [1.807, 2.05) is 6.92 Å². The molecule has 7 heteroatoms. The van der Waals surface area contributed by atoms with Crippen LogP contribution in [0.5, 0.6) is 0 Å². The molecule has 118 valence electrons. The van der Waals surface area contributed by atoms with Crippen molar-refractivity contribution in [1.29, 1.82) is 0 Å². The highest BCUT2D eigenvalue weighted by atomic mass is 19.1. The van der Waals surface area contributed by atoms with E-state index in [2.05, 4.69) is 4.98 Å². The minimum absolute atomic E-state index is 0.215. The van der Waals surface area contributed by atoms with Crippen LogP contribution in [-0.2, 0) is 6.42 Å². The van der Waals surface area contributed by atoms with Crippen LogP contribution < -0.4 is 15.1 Å². The SMILES string of the molecule is Cc1ccc(N2C([O-])=C3CCc4cccc(F)c4N3N2O)cn1. The average molecular weight is 313 g/mol. The molecule has 1 aromatic carbocycles. The second-order valence-electron chi connectivity index (χ2n) is 5.55. The first-order valence-corrected chi connectivity index (χ1v) is 7.27. The van der Waals surface area contributed by atoms with Gasteiger partial charge in [-0.25, -0.2) is 14.4 Å². The highest BCUT2D eigenvalue weighted by Gasteiger charge is 2.38. The lowest BCUT2D eigenvalue weighted by Gasteiger charge is -2.35. The van der Waals surface area contributed by atoms with Crippen molar-refractivity contribution in [2.24, 2.45) is 0 Å². The number of fused-ring (bicyclic) bond motifs is 3. The van der Waals surface area contributed by atoms with Gasteiger partial charge in [0.2, 0.25) is 0 Å². The summed E-state index contributed by atoms with van der Waals surface area (Å²) in [5, 5.41) is 26.1. The number of benzene rings is 1. The van der Waals surface area contributed by atoms with Crippen LogP contribution in [0, 0.1) is 12.7 Å². The van der Waals surface area contributed by atoms with E-state index in [1.54, 1.807) is 24.3 Å². The second-order valence-corrected chi connectivity index (χ2v) is 5.55. The number of nitrogens with zero attached hydrogens (tertiary/aromatic N) is 4. The normalized spacial score (nSPS) is 17.5. The molecule has 23 heavy (non-hydrogen) atoms. The zero-order valence-electron chi connectivity index (χ0n) is 12.4. The third-order valence-electron chi connectivity index (χ3n) is 4.11. The van der Waals surface area contributed by atoms with E-state index >= 15 is 0 Å². The van der Waals surface area contributed by atoms with Crippen molar-refractivity contribution < 1.29 is 14.7 Å². The van der Waals surface area contributed by atoms with Crippen molar-refractivity contribution in [1.82, 2.24) is 10.3 Å². The summed E-state index contributed by atoms with van der Waals surface area (Å²) in [4.78, 5) is 4.14. The van der Waals surface area contributed by atoms with Crippen molar-refractivity contribution >= 4 is 11.4 Å². The maximum atomic E-state index is 14.3. The van der Waals surface area contributed by atoms with E-state index in [-0.39, 0.29) is 11.6 Å². The molecule has 4 rings (SSSR count). The predicted molar refractivity (Wildman–Crippen MR) is 79.3 cm³/mol. The van der Waals surface area contributed by atoms with Crippen molar-refractivity contribution in [2.45, 2.75) is 19.8 Å². The smallest absolute Gasteiger partial charge is 0.148 e. The Labute approximate surface area is 132 Å². The zero-order chi connectivity index (χ0) is 16.1. The number of para-hydroxylation sites is 1. The van der Waals surface area contributed by atoms with E-state index in [1.165, 1.54) is 17.3 Å². The summed E-state index contributed by atoms with van der Waals surface area (Å²) < 4.78 is 14.3. The molecule has 0 atom stereocenters. The minimum Gasteiger partial charge on any atom is -0.858 e. The van der Waals surface area contributed by atoms with Crippen LogP contribution in [-0.4, -0.2) is 15.5 Å². The van der Waals surface area contributed by atoms with Crippen LogP contribution in [0.1, 0.15) is 17.7 Å². The molecule has 1 aromatic heterocycles. The van der Waals surface area contributed by atoms with Gasteiger partial charge in [-0.1, -0.05) is 12.1 Å². The van der Waals surface area contributed by atoms with Crippen molar-refractivity contribution in [3.63, 3.8) is 0 Å². The van der Waals surface area contributed by atoms with Gasteiger partial charge >= 0.3 is 0 Å². The van der Waals surface area contributed by atoms with Crippen LogP contribution in [0.4, 0.5) is 15.8 Å². The van der Waals surface area contributed by atoms with Gasteiger partial charge in [0.1, 0.15) is 11.5 Å². The molecule has 2 aromatic rings. The average Bonchev–Trinajstić information content (AvgIpc) is 2.80. The number of rotatable bonds is 1. The number of hydrogen-bond donors (Lipinski definition) is 1. The molecule has 0 saturated heterocycles. The molecule has 6 nitrogen and oxygen atoms in total. The maximum Gasteiger partial charge on any atom is 0.148 e. The number of hydrazine groups is 2. The lowest BCUT2D eigenvalue weighted by Crippen LogP contribution is -2.46. The summed E-state index contributed by atoms with van der Waals surface area (Å²) in [5.41, 5.74) is 2.52. The minimum atomic E-state index is -0.476. The summed E-state index contributed by atoms with van der Waals surface area (Å²) in [6.45, 7) is 1.83. The molecule has 0 spiro atoms. The highest BCUT2D eigenvalue weighted by molar-refractivity contribution is 5.65. The number of allylic oxidation sites excluding steroid dienone is 1. The summed E-state index contributed by atoms with van der Waals surface area (Å²) >= 11 is 0. The monoisotopic (exact) mass is 313 g/mol. The Kier molecular flexibility index (Phi) is 3.00. The third kappa shape index (κ3) is 1.97. The Balaban J connectivity index is 1.83. The lowest BCUT2D eigenvalue weighted by molar-refractivity contribution is -0.314. The fraction of sp³-hybridized carbons (Fsp3) is 0.188. The Morgan fingerprint density at radius 3 is 2.74 bits per heavy atom. The molecule has 0 amide bonds. The molecule has 0 bridgehead atoms. The predicted octanol–water partition coefficient (Wildman–Crippen LogP) is 1.85. The molecule has 2 aliphatic rings. The fourth-order valence-electron chi connectivity index (χ4n) is 2.99. The molecular formula is C16H14FN4O2-. The van der Waals surface area contributed by atoms with Gasteiger partial charge in [0.15, 0.2) is 0 Å². The van der Waals surface area contributed by atoms with E-state index in [4.69, 9.17) is 0 Å². The molecule has 0 saturated carbocycles. The van der Waals surface area contributed by atoms with Gasteiger partial charge in [0.05, 0.1) is 17.6 Å². The zero-order valence-corrected chi connectivity index (χ0v) is 12.4. The number of aromatic nitrogens is 1. The van der Waals surface area contributed by atoms with E-state index in [9.17, 15) is 14.7 Å². The van der Waals surface area contributed by atoms with Gasteiger partial charge < -0.3 is 5.11 Å². The molecule has 2 aliphatic heterocycles. The van der Waals surface area contributed by atoms with Gasteiger partial charge in [0, 0.05) is 16.9 Å². The van der Waals surface area contributed by atoms with E-state index in [0.717, 1.165) is 16.3 Å². The largest absolute Gasteiger partial charge is 0.858 e. The van der Waals surface area contributed by atoms with Crippen LogP contribution in [0.2, 0.25) is 0 Å². The first kappa shape index (κ1) is 14.0. The lowest BCUT2D eigenvalue weighted by atomic mass is 10.0. The molecule has 0 aliphatic carbocycles.